The maximum Gasteiger partial charge on any atom is 0.236 e. The fourth-order valence-electron chi connectivity index (χ4n) is 2.67. The van der Waals surface area contributed by atoms with E-state index >= 15 is 0 Å². The zero-order chi connectivity index (χ0) is 14.6. The first-order chi connectivity index (χ1) is 9.52. The monoisotopic (exact) mass is 302 g/mol. The average Bonchev–Trinajstić information content (AvgIpc) is 3.13. The minimum atomic E-state index is -2.94. The van der Waals surface area contributed by atoms with Crippen LogP contribution in [0.4, 0.5) is 0 Å². The average molecular weight is 302 g/mol. The Hall–Kier alpha value is -0.620. The fraction of sp³-hybridized carbons (Fsp3) is 0.929. The molecule has 1 unspecified atom stereocenters. The first-order valence-corrected chi connectivity index (χ1v) is 9.54. The number of amides is 1. The van der Waals surface area contributed by atoms with Gasteiger partial charge in [-0.25, -0.2) is 8.42 Å². The van der Waals surface area contributed by atoms with Crippen LogP contribution in [0.15, 0.2) is 0 Å². The van der Waals surface area contributed by atoms with Crippen LogP contribution in [-0.2, 0) is 14.6 Å². The van der Waals surface area contributed by atoms with Crippen LogP contribution in [0.3, 0.4) is 0 Å². The molecular weight excluding hydrogens is 276 g/mol. The number of nitrogens with zero attached hydrogens (tertiary/aromatic N) is 1. The van der Waals surface area contributed by atoms with Crippen molar-refractivity contribution in [3.63, 3.8) is 0 Å². The van der Waals surface area contributed by atoms with Crippen LogP contribution in [0, 0.1) is 5.92 Å². The van der Waals surface area contributed by atoms with Gasteiger partial charge in [0.15, 0.2) is 9.84 Å². The van der Waals surface area contributed by atoms with Gasteiger partial charge in [0.25, 0.3) is 0 Å². The van der Waals surface area contributed by atoms with E-state index in [4.69, 9.17) is 0 Å². The molecule has 2 fully saturated rings. The number of nitrogens with one attached hydrogen (secondary N) is 1. The third-order valence-corrected chi connectivity index (χ3v) is 5.88. The van der Waals surface area contributed by atoms with Gasteiger partial charge in [-0.2, -0.15) is 0 Å². The SMILES string of the molecule is CCCCN(C(=O)CNCC1CC1)C1CCS(=O)(=O)C1. The third-order valence-electron chi connectivity index (χ3n) is 4.13. The lowest BCUT2D eigenvalue weighted by Gasteiger charge is -2.28. The van der Waals surface area contributed by atoms with Crippen molar-refractivity contribution in [1.82, 2.24) is 10.2 Å². The topological polar surface area (TPSA) is 66.5 Å². The van der Waals surface area contributed by atoms with Crippen LogP contribution < -0.4 is 5.32 Å². The van der Waals surface area contributed by atoms with E-state index in [1.165, 1.54) is 12.8 Å². The number of hydrogen-bond donors (Lipinski definition) is 1. The molecule has 1 saturated carbocycles. The van der Waals surface area contributed by atoms with Gasteiger partial charge >= 0.3 is 0 Å². The Morgan fingerprint density at radius 3 is 2.60 bits per heavy atom. The van der Waals surface area contributed by atoms with Crippen LogP contribution >= 0.6 is 0 Å². The smallest absolute Gasteiger partial charge is 0.236 e. The molecule has 1 aliphatic carbocycles. The van der Waals surface area contributed by atoms with Gasteiger partial charge in [0.1, 0.15) is 0 Å². The minimum Gasteiger partial charge on any atom is -0.338 e. The summed E-state index contributed by atoms with van der Waals surface area (Å²) in [7, 11) is -2.94. The van der Waals surface area contributed by atoms with Crippen LogP contribution in [0.2, 0.25) is 0 Å². The summed E-state index contributed by atoms with van der Waals surface area (Å²) < 4.78 is 23.2. The lowest BCUT2D eigenvalue weighted by Crippen LogP contribution is -2.46. The molecule has 1 amide bonds. The highest BCUT2D eigenvalue weighted by molar-refractivity contribution is 7.91. The Bertz CT molecular complexity index is 432. The zero-order valence-corrected chi connectivity index (χ0v) is 13.1. The van der Waals surface area contributed by atoms with Crippen LogP contribution in [0.1, 0.15) is 39.0 Å². The summed E-state index contributed by atoms with van der Waals surface area (Å²) in [6, 6.07) is -0.109. The standard InChI is InChI=1S/C14H26N2O3S/c1-2-3-7-16(13-6-8-20(18,19)11-13)14(17)10-15-9-12-4-5-12/h12-13,15H,2-11H2,1H3. The van der Waals surface area contributed by atoms with Crippen molar-refractivity contribution in [2.24, 2.45) is 5.92 Å². The second-order valence-corrected chi connectivity index (χ2v) is 8.30. The highest BCUT2D eigenvalue weighted by atomic mass is 32.2. The van der Waals surface area contributed by atoms with Crippen molar-refractivity contribution in [2.75, 3.05) is 31.1 Å². The summed E-state index contributed by atoms with van der Waals surface area (Å²) in [5.74, 6) is 1.17. The summed E-state index contributed by atoms with van der Waals surface area (Å²) in [6.07, 6.45) is 5.08. The van der Waals surface area contributed by atoms with E-state index in [-0.39, 0.29) is 23.5 Å². The zero-order valence-electron chi connectivity index (χ0n) is 12.3. The molecule has 2 aliphatic rings. The molecule has 0 spiro atoms. The van der Waals surface area contributed by atoms with Gasteiger partial charge in [0.2, 0.25) is 5.91 Å². The Morgan fingerprint density at radius 2 is 2.05 bits per heavy atom. The number of hydrogen-bond acceptors (Lipinski definition) is 4. The molecule has 116 valence electrons. The lowest BCUT2D eigenvalue weighted by atomic mass is 10.2. The van der Waals surface area contributed by atoms with Crippen LogP contribution in [0.25, 0.3) is 0 Å². The molecule has 1 aliphatic heterocycles. The highest BCUT2D eigenvalue weighted by Crippen LogP contribution is 2.27. The third kappa shape index (κ3) is 4.74. The number of sulfone groups is 1. The number of carbonyl (C=O) groups is 1. The first-order valence-electron chi connectivity index (χ1n) is 7.72. The molecular formula is C14H26N2O3S. The van der Waals surface area contributed by atoms with E-state index in [1.807, 2.05) is 0 Å². The summed E-state index contributed by atoms with van der Waals surface area (Å²) in [6.45, 7) is 4.02. The van der Waals surface area contributed by atoms with E-state index < -0.39 is 9.84 Å². The predicted octanol–water partition coefficient (Wildman–Crippen LogP) is 0.802. The quantitative estimate of drug-likeness (QED) is 0.720. The molecule has 1 heterocycles. The van der Waals surface area contributed by atoms with E-state index in [2.05, 4.69) is 12.2 Å². The van der Waals surface area contributed by atoms with Crippen LogP contribution in [0.5, 0.6) is 0 Å². The van der Waals surface area contributed by atoms with Crippen molar-refractivity contribution < 1.29 is 13.2 Å². The summed E-state index contributed by atoms with van der Waals surface area (Å²) in [4.78, 5) is 14.1. The molecule has 0 aromatic carbocycles. The van der Waals surface area contributed by atoms with Gasteiger partial charge < -0.3 is 10.2 Å². The molecule has 6 heteroatoms. The van der Waals surface area contributed by atoms with E-state index in [0.29, 0.717) is 19.5 Å². The molecule has 1 atom stereocenters. The normalized spacial score (nSPS) is 24.8. The maximum absolute atomic E-state index is 12.3. The molecule has 0 bridgehead atoms. The van der Waals surface area contributed by atoms with Crippen molar-refractivity contribution in [1.29, 1.82) is 0 Å². The van der Waals surface area contributed by atoms with Gasteiger partial charge in [0.05, 0.1) is 18.1 Å². The second-order valence-electron chi connectivity index (χ2n) is 6.07. The summed E-state index contributed by atoms with van der Waals surface area (Å²) in [5.41, 5.74) is 0. The van der Waals surface area contributed by atoms with Gasteiger partial charge in [0, 0.05) is 12.6 Å². The number of unbranched alkanes of at least 4 members (excludes halogenated alkanes) is 1. The van der Waals surface area contributed by atoms with Crippen molar-refractivity contribution in [3.8, 4) is 0 Å². The summed E-state index contributed by atoms with van der Waals surface area (Å²) in [5, 5.41) is 3.21. The van der Waals surface area contributed by atoms with Gasteiger partial charge in [-0.1, -0.05) is 13.3 Å². The van der Waals surface area contributed by atoms with Gasteiger partial charge in [-0.3, -0.25) is 4.79 Å². The maximum atomic E-state index is 12.3. The fourth-order valence-corrected chi connectivity index (χ4v) is 4.40. The van der Waals surface area contributed by atoms with E-state index in [9.17, 15) is 13.2 Å². The van der Waals surface area contributed by atoms with Crippen molar-refractivity contribution >= 4 is 15.7 Å². The molecule has 0 aromatic heterocycles. The Balaban J connectivity index is 1.86. The Kier molecular flexibility index (Phi) is 5.43. The second kappa shape index (κ2) is 6.89. The van der Waals surface area contributed by atoms with Crippen molar-refractivity contribution in [2.45, 2.75) is 45.1 Å². The molecule has 1 saturated heterocycles. The molecule has 0 radical (unpaired) electrons. The lowest BCUT2D eigenvalue weighted by molar-refractivity contribution is -0.132. The molecule has 5 nitrogen and oxygen atoms in total. The van der Waals surface area contributed by atoms with Gasteiger partial charge in [-0.15, -0.1) is 0 Å². The molecule has 2 rings (SSSR count). The van der Waals surface area contributed by atoms with Crippen molar-refractivity contribution in [3.05, 3.63) is 0 Å². The first kappa shape index (κ1) is 15.8. The predicted molar refractivity (Wildman–Crippen MR) is 79.3 cm³/mol. The Morgan fingerprint density at radius 1 is 1.30 bits per heavy atom. The number of rotatable bonds is 8. The van der Waals surface area contributed by atoms with Gasteiger partial charge in [-0.05, 0) is 38.1 Å². The van der Waals surface area contributed by atoms with E-state index in [0.717, 1.165) is 25.3 Å². The molecule has 20 heavy (non-hydrogen) atoms. The molecule has 0 aromatic rings. The minimum absolute atomic E-state index is 0.0567. The number of carbonyl (C=O) groups excluding carboxylic acids is 1. The van der Waals surface area contributed by atoms with E-state index in [1.54, 1.807) is 4.90 Å². The Labute approximate surface area is 122 Å². The largest absolute Gasteiger partial charge is 0.338 e. The molecule has 1 N–H and O–H groups in total. The van der Waals surface area contributed by atoms with Crippen LogP contribution in [-0.4, -0.2) is 56.4 Å². The summed E-state index contributed by atoms with van der Waals surface area (Å²) >= 11 is 0. The highest BCUT2D eigenvalue weighted by Gasteiger charge is 2.34.